The molecule has 0 spiro atoms. The number of aromatic nitrogens is 2. The molecule has 2 heterocycles. The molecule has 1 aliphatic heterocycles. The summed E-state index contributed by atoms with van der Waals surface area (Å²) in [7, 11) is 0. The number of aryl methyl sites for hydroxylation is 3. The maximum atomic E-state index is 6.24. The van der Waals surface area contributed by atoms with Gasteiger partial charge in [0, 0.05) is 24.2 Å². The topological polar surface area (TPSA) is 27.1 Å². The highest BCUT2D eigenvalue weighted by Gasteiger charge is 2.16. The van der Waals surface area contributed by atoms with Gasteiger partial charge in [-0.2, -0.15) is 5.10 Å². The largest absolute Gasteiger partial charge is 0.493 e. The molecule has 2 aromatic rings. The molecule has 0 N–H and O–H groups in total. The van der Waals surface area contributed by atoms with Crippen LogP contribution in [0.4, 0.5) is 0 Å². The van der Waals surface area contributed by atoms with Gasteiger partial charge in [-0.25, -0.2) is 0 Å². The Labute approximate surface area is 130 Å². The molecule has 0 bridgehead atoms. The van der Waals surface area contributed by atoms with Crippen LogP contribution in [-0.2, 0) is 19.4 Å². The van der Waals surface area contributed by atoms with E-state index in [4.69, 9.17) is 16.3 Å². The molecule has 1 aromatic carbocycles. The molecule has 21 heavy (non-hydrogen) atoms. The first-order valence-electron chi connectivity index (χ1n) is 7.49. The van der Waals surface area contributed by atoms with E-state index in [9.17, 15) is 0 Å². The van der Waals surface area contributed by atoms with Crippen LogP contribution in [0.15, 0.2) is 18.2 Å². The Morgan fingerprint density at radius 3 is 2.90 bits per heavy atom. The smallest absolute Gasteiger partial charge is 0.122 e. The van der Waals surface area contributed by atoms with Crippen molar-refractivity contribution in [1.29, 1.82) is 0 Å². The van der Waals surface area contributed by atoms with Crippen LogP contribution >= 0.6 is 11.6 Å². The van der Waals surface area contributed by atoms with E-state index in [0.29, 0.717) is 0 Å². The van der Waals surface area contributed by atoms with Crippen molar-refractivity contribution in [2.75, 3.05) is 6.61 Å². The Hall–Kier alpha value is -1.48. The molecule has 3 rings (SSSR count). The number of ether oxygens (including phenoxy) is 1. The van der Waals surface area contributed by atoms with Gasteiger partial charge in [-0.05, 0) is 44.4 Å². The third-order valence-electron chi connectivity index (χ3n) is 4.20. The van der Waals surface area contributed by atoms with E-state index < -0.39 is 0 Å². The highest BCUT2D eigenvalue weighted by Crippen LogP contribution is 2.28. The van der Waals surface area contributed by atoms with Crippen LogP contribution in [0.3, 0.4) is 0 Å². The molecule has 1 unspecified atom stereocenters. The second-order valence-corrected chi connectivity index (χ2v) is 6.37. The predicted molar refractivity (Wildman–Crippen MR) is 85.3 cm³/mol. The minimum atomic E-state index is 0.0101. The molecule has 112 valence electrons. The molecule has 1 atom stereocenters. The summed E-state index contributed by atoms with van der Waals surface area (Å²) in [6.45, 7) is 7.84. The number of benzene rings is 1. The first-order chi connectivity index (χ1) is 10.1. The van der Waals surface area contributed by atoms with Crippen LogP contribution in [-0.4, -0.2) is 16.4 Å². The number of hydrogen-bond donors (Lipinski definition) is 0. The van der Waals surface area contributed by atoms with Crippen molar-refractivity contribution < 1.29 is 4.74 Å². The number of alkyl halides is 1. The molecular weight excluding hydrogens is 284 g/mol. The molecular formula is C17H21ClN2O. The molecule has 0 radical (unpaired) electrons. The Morgan fingerprint density at radius 1 is 1.38 bits per heavy atom. The Kier molecular flexibility index (Phi) is 3.94. The zero-order valence-corrected chi connectivity index (χ0v) is 13.6. The summed E-state index contributed by atoms with van der Waals surface area (Å²) in [6.07, 6.45) is 2.00. The van der Waals surface area contributed by atoms with Crippen molar-refractivity contribution in [2.45, 2.75) is 45.5 Å². The van der Waals surface area contributed by atoms with Gasteiger partial charge in [0.05, 0.1) is 17.7 Å². The minimum Gasteiger partial charge on any atom is -0.493 e. The molecule has 1 aliphatic rings. The van der Waals surface area contributed by atoms with Gasteiger partial charge in [0.2, 0.25) is 0 Å². The summed E-state index contributed by atoms with van der Waals surface area (Å²) in [5, 5.41) is 4.64. The van der Waals surface area contributed by atoms with Crippen molar-refractivity contribution in [1.82, 2.24) is 9.78 Å². The molecule has 3 nitrogen and oxygen atoms in total. The van der Waals surface area contributed by atoms with Crippen molar-refractivity contribution in [3.63, 3.8) is 0 Å². The van der Waals surface area contributed by atoms with E-state index >= 15 is 0 Å². The molecule has 0 amide bonds. The lowest BCUT2D eigenvalue weighted by Gasteiger charge is -2.08. The lowest BCUT2D eigenvalue weighted by molar-refractivity contribution is 0.357. The number of fused-ring (bicyclic) bond motifs is 1. The second kappa shape index (κ2) is 5.72. The molecule has 1 aromatic heterocycles. The molecule has 0 aliphatic carbocycles. The predicted octanol–water partition coefficient (Wildman–Crippen LogP) is 3.98. The molecule has 4 heteroatoms. The molecule has 0 fully saturated rings. The third-order valence-corrected chi connectivity index (χ3v) is 4.42. The fourth-order valence-electron chi connectivity index (χ4n) is 3.13. The zero-order chi connectivity index (χ0) is 15.0. The summed E-state index contributed by atoms with van der Waals surface area (Å²) in [6, 6.07) is 6.51. The van der Waals surface area contributed by atoms with E-state index in [1.54, 1.807) is 0 Å². The standard InChI is InChI=1S/C17H21ClN2O/c1-11(18)17-12(2)19-20(13(17)3)8-6-14-4-5-16-15(10-14)7-9-21-16/h4-5,10-11H,6-9H2,1-3H3. The average Bonchev–Trinajstić information content (AvgIpc) is 3.00. The normalized spacial score (nSPS) is 14.9. The summed E-state index contributed by atoms with van der Waals surface area (Å²) in [5.74, 6) is 1.04. The van der Waals surface area contributed by atoms with Gasteiger partial charge < -0.3 is 4.74 Å². The number of hydrogen-bond acceptors (Lipinski definition) is 2. The zero-order valence-electron chi connectivity index (χ0n) is 12.8. The van der Waals surface area contributed by atoms with E-state index in [0.717, 1.165) is 37.4 Å². The number of halogens is 1. The van der Waals surface area contributed by atoms with Gasteiger partial charge in [-0.3, -0.25) is 4.68 Å². The Bertz CT molecular complexity index is 661. The average molecular weight is 305 g/mol. The van der Waals surface area contributed by atoms with E-state index in [2.05, 4.69) is 34.9 Å². The van der Waals surface area contributed by atoms with Crippen molar-refractivity contribution in [2.24, 2.45) is 0 Å². The van der Waals surface area contributed by atoms with Gasteiger partial charge in [-0.1, -0.05) is 12.1 Å². The minimum absolute atomic E-state index is 0.0101. The lowest BCUT2D eigenvalue weighted by atomic mass is 10.1. The van der Waals surface area contributed by atoms with Gasteiger partial charge in [0.25, 0.3) is 0 Å². The molecule has 0 saturated carbocycles. The summed E-state index contributed by atoms with van der Waals surface area (Å²) in [5.41, 5.74) is 6.05. The van der Waals surface area contributed by atoms with E-state index in [1.165, 1.54) is 22.4 Å². The van der Waals surface area contributed by atoms with Gasteiger partial charge >= 0.3 is 0 Å². The first kappa shape index (κ1) is 14.5. The quantitative estimate of drug-likeness (QED) is 0.799. The summed E-state index contributed by atoms with van der Waals surface area (Å²) in [4.78, 5) is 0. The van der Waals surface area contributed by atoms with Crippen molar-refractivity contribution in [3.8, 4) is 5.75 Å². The van der Waals surface area contributed by atoms with Crippen LogP contribution in [0.5, 0.6) is 5.75 Å². The maximum Gasteiger partial charge on any atom is 0.122 e. The fraction of sp³-hybridized carbons (Fsp3) is 0.471. The number of nitrogens with zero attached hydrogens (tertiary/aromatic N) is 2. The lowest BCUT2D eigenvalue weighted by Crippen LogP contribution is -2.06. The van der Waals surface area contributed by atoms with Crippen LogP contribution in [0, 0.1) is 13.8 Å². The van der Waals surface area contributed by atoms with Gasteiger partial charge in [0.1, 0.15) is 5.75 Å². The van der Waals surface area contributed by atoms with E-state index in [1.807, 2.05) is 13.8 Å². The highest BCUT2D eigenvalue weighted by molar-refractivity contribution is 6.20. The third kappa shape index (κ3) is 2.80. The van der Waals surface area contributed by atoms with Crippen LogP contribution in [0.25, 0.3) is 0 Å². The fourth-order valence-corrected chi connectivity index (χ4v) is 3.45. The van der Waals surface area contributed by atoms with Crippen LogP contribution < -0.4 is 4.74 Å². The Morgan fingerprint density at radius 2 is 2.19 bits per heavy atom. The van der Waals surface area contributed by atoms with Gasteiger partial charge in [0.15, 0.2) is 0 Å². The highest BCUT2D eigenvalue weighted by atomic mass is 35.5. The van der Waals surface area contributed by atoms with Crippen LogP contribution in [0.2, 0.25) is 0 Å². The van der Waals surface area contributed by atoms with Gasteiger partial charge in [-0.15, -0.1) is 11.6 Å². The summed E-state index contributed by atoms with van der Waals surface area (Å²) < 4.78 is 7.63. The van der Waals surface area contributed by atoms with Crippen molar-refractivity contribution in [3.05, 3.63) is 46.3 Å². The Balaban J connectivity index is 1.75. The monoisotopic (exact) mass is 304 g/mol. The van der Waals surface area contributed by atoms with Crippen LogP contribution in [0.1, 0.15) is 40.4 Å². The second-order valence-electron chi connectivity index (χ2n) is 5.71. The maximum absolute atomic E-state index is 6.24. The van der Waals surface area contributed by atoms with E-state index in [-0.39, 0.29) is 5.38 Å². The summed E-state index contributed by atoms with van der Waals surface area (Å²) >= 11 is 6.24. The molecule has 0 saturated heterocycles. The first-order valence-corrected chi connectivity index (χ1v) is 7.92. The SMILES string of the molecule is Cc1nn(CCc2ccc3c(c2)CCO3)c(C)c1C(C)Cl. The number of rotatable bonds is 4. The van der Waals surface area contributed by atoms with Crippen molar-refractivity contribution >= 4 is 11.6 Å².